The molecule has 2 amide bonds. The van der Waals surface area contributed by atoms with Crippen LogP contribution in [0.15, 0.2) is 48.5 Å². The van der Waals surface area contributed by atoms with E-state index < -0.39 is 17.5 Å². The number of benzene rings is 2. The Morgan fingerprint density at radius 2 is 1.87 bits per heavy atom. The van der Waals surface area contributed by atoms with E-state index in [0.29, 0.717) is 19.4 Å². The van der Waals surface area contributed by atoms with Crippen LogP contribution in [0.2, 0.25) is 0 Å². The van der Waals surface area contributed by atoms with Crippen molar-refractivity contribution in [2.75, 3.05) is 25.6 Å². The highest BCUT2D eigenvalue weighted by molar-refractivity contribution is 5.98. The average Bonchev–Trinajstić information content (AvgIpc) is 3.29. The van der Waals surface area contributed by atoms with Gasteiger partial charge in [0.15, 0.2) is 0 Å². The van der Waals surface area contributed by atoms with E-state index in [-0.39, 0.29) is 24.6 Å². The molecule has 0 saturated carbocycles. The minimum absolute atomic E-state index is 0.0101. The molecule has 5 rings (SSSR count). The third-order valence-corrected chi connectivity index (χ3v) is 7.06. The molecule has 2 N–H and O–H groups in total. The molecule has 0 radical (unpaired) electrons. The second kappa shape index (κ2) is 7.27. The van der Waals surface area contributed by atoms with E-state index in [2.05, 4.69) is 11.4 Å². The first-order chi connectivity index (χ1) is 15.0. The highest BCUT2D eigenvalue weighted by atomic mass is 16.5. The summed E-state index contributed by atoms with van der Waals surface area (Å²) in [7, 11) is 1.71. The van der Waals surface area contributed by atoms with Gasteiger partial charge in [0.25, 0.3) is 0 Å². The Hall–Kier alpha value is -3.06. The van der Waals surface area contributed by atoms with E-state index in [1.54, 1.807) is 23.8 Å². The molecule has 31 heavy (non-hydrogen) atoms. The van der Waals surface area contributed by atoms with Gasteiger partial charge in [-0.05, 0) is 42.7 Å². The summed E-state index contributed by atoms with van der Waals surface area (Å²) in [5, 5.41) is 12.5. The lowest BCUT2D eigenvalue weighted by molar-refractivity contribution is -0.158. The summed E-state index contributed by atoms with van der Waals surface area (Å²) in [6.45, 7) is 2.34. The molecular formula is C24H27N3O4. The van der Waals surface area contributed by atoms with Crippen molar-refractivity contribution in [3.63, 3.8) is 0 Å². The van der Waals surface area contributed by atoms with E-state index >= 15 is 0 Å². The van der Waals surface area contributed by atoms with Crippen LogP contribution in [0.1, 0.15) is 30.9 Å². The molecule has 3 aliphatic heterocycles. The third-order valence-electron chi connectivity index (χ3n) is 7.06. The van der Waals surface area contributed by atoms with Gasteiger partial charge in [-0.3, -0.25) is 9.59 Å². The van der Waals surface area contributed by atoms with Crippen molar-refractivity contribution < 1.29 is 19.4 Å². The third kappa shape index (κ3) is 2.76. The standard InChI is InChI=1S/C24H27N3O4/c1-15-21(29)27-20(22(30)26(15)2)14-24(18-6-3-4-7-19(18)25-23(24)27)16-8-10-17(11-9-16)31-13-5-12-28/h3-4,6-11,15,20,23,25,28H,5,12-14H2,1-2H3/t15-,20-,23+,24-/m0/s1. The molecule has 0 aliphatic carbocycles. The van der Waals surface area contributed by atoms with Crippen LogP contribution >= 0.6 is 0 Å². The first-order valence-electron chi connectivity index (χ1n) is 10.8. The zero-order valence-electron chi connectivity index (χ0n) is 17.7. The molecule has 0 aromatic heterocycles. The molecule has 2 fully saturated rings. The number of hydrogen-bond acceptors (Lipinski definition) is 5. The van der Waals surface area contributed by atoms with Crippen molar-refractivity contribution in [3.05, 3.63) is 59.7 Å². The second-order valence-electron chi connectivity index (χ2n) is 8.60. The Balaban J connectivity index is 1.59. The number of nitrogens with one attached hydrogen (secondary N) is 1. The van der Waals surface area contributed by atoms with E-state index in [9.17, 15) is 9.59 Å². The van der Waals surface area contributed by atoms with Crippen molar-refractivity contribution in [2.24, 2.45) is 0 Å². The van der Waals surface area contributed by atoms with Crippen LogP contribution in [0.25, 0.3) is 0 Å². The highest BCUT2D eigenvalue weighted by Crippen LogP contribution is 2.55. The fraction of sp³-hybridized carbons (Fsp3) is 0.417. The van der Waals surface area contributed by atoms with Gasteiger partial charge in [0.05, 0.1) is 12.0 Å². The Labute approximate surface area is 181 Å². The van der Waals surface area contributed by atoms with E-state index in [0.717, 1.165) is 22.6 Å². The van der Waals surface area contributed by atoms with Crippen LogP contribution in [0.5, 0.6) is 5.75 Å². The molecule has 162 valence electrons. The number of para-hydroxylation sites is 1. The summed E-state index contributed by atoms with van der Waals surface area (Å²) < 4.78 is 5.70. The molecule has 2 aromatic carbocycles. The number of carbonyl (C=O) groups excluding carboxylic acids is 2. The first-order valence-corrected chi connectivity index (χ1v) is 10.8. The second-order valence-corrected chi connectivity index (χ2v) is 8.60. The van der Waals surface area contributed by atoms with Gasteiger partial charge in [0.1, 0.15) is 24.0 Å². The lowest BCUT2D eigenvalue weighted by Gasteiger charge is -2.41. The number of likely N-dealkylation sites (N-methyl/N-ethyl adjacent to an activating group) is 1. The number of ether oxygens (including phenoxy) is 1. The van der Waals surface area contributed by atoms with Gasteiger partial charge in [-0.25, -0.2) is 0 Å². The Morgan fingerprint density at radius 1 is 1.13 bits per heavy atom. The molecule has 7 heteroatoms. The monoisotopic (exact) mass is 421 g/mol. The summed E-state index contributed by atoms with van der Waals surface area (Å²) in [5.74, 6) is 0.702. The van der Waals surface area contributed by atoms with Crippen LogP contribution in [0.4, 0.5) is 5.69 Å². The van der Waals surface area contributed by atoms with Crippen molar-refractivity contribution in [1.82, 2.24) is 9.80 Å². The molecule has 4 atom stereocenters. The summed E-state index contributed by atoms with van der Waals surface area (Å²) in [6, 6.07) is 15.1. The van der Waals surface area contributed by atoms with Gasteiger partial charge in [-0.1, -0.05) is 30.3 Å². The molecule has 0 unspecified atom stereocenters. The van der Waals surface area contributed by atoms with Crippen LogP contribution in [-0.2, 0) is 15.0 Å². The van der Waals surface area contributed by atoms with Gasteiger partial charge in [0.2, 0.25) is 11.8 Å². The maximum atomic E-state index is 13.3. The Kier molecular flexibility index (Phi) is 4.66. The molecule has 7 nitrogen and oxygen atoms in total. The van der Waals surface area contributed by atoms with Crippen LogP contribution in [0, 0.1) is 0 Å². The van der Waals surface area contributed by atoms with Crippen LogP contribution in [-0.4, -0.2) is 65.2 Å². The van der Waals surface area contributed by atoms with Gasteiger partial charge in [-0.2, -0.15) is 0 Å². The van der Waals surface area contributed by atoms with Gasteiger partial charge in [-0.15, -0.1) is 0 Å². The number of nitrogens with zero attached hydrogens (tertiary/aromatic N) is 2. The highest BCUT2D eigenvalue weighted by Gasteiger charge is 2.63. The molecule has 3 aliphatic rings. The quantitative estimate of drug-likeness (QED) is 0.722. The number of aliphatic hydroxyl groups is 1. The van der Waals surface area contributed by atoms with E-state index in [4.69, 9.17) is 9.84 Å². The molecule has 0 spiro atoms. The summed E-state index contributed by atoms with van der Waals surface area (Å²) >= 11 is 0. The number of aliphatic hydroxyl groups excluding tert-OH is 1. The number of carbonyl (C=O) groups is 2. The number of rotatable bonds is 5. The maximum absolute atomic E-state index is 13.3. The zero-order chi connectivity index (χ0) is 21.8. The van der Waals surface area contributed by atoms with Crippen LogP contribution in [0.3, 0.4) is 0 Å². The lowest BCUT2D eigenvalue weighted by atomic mass is 9.72. The van der Waals surface area contributed by atoms with Gasteiger partial charge in [0, 0.05) is 25.8 Å². The van der Waals surface area contributed by atoms with E-state index in [1.165, 1.54) is 0 Å². The van der Waals surface area contributed by atoms with Crippen molar-refractivity contribution in [2.45, 2.75) is 43.4 Å². The van der Waals surface area contributed by atoms with Crippen molar-refractivity contribution in [1.29, 1.82) is 0 Å². The summed E-state index contributed by atoms with van der Waals surface area (Å²) in [6.07, 6.45) is 0.801. The maximum Gasteiger partial charge on any atom is 0.247 e. The van der Waals surface area contributed by atoms with E-state index in [1.807, 2.05) is 42.5 Å². The minimum Gasteiger partial charge on any atom is -0.494 e. The van der Waals surface area contributed by atoms with Crippen molar-refractivity contribution >= 4 is 17.5 Å². The summed E-state index contributed by atoms with van der Waals surface area (Å²) in [5.41, 5.74) is 2.65. The molecular weight excluding hydrogens is 394 g/mol. The molecule has 2 saturated heterocycles. The predicted octanol–water partition coefficient (Wildman–Crippen LogP) is 1.95. The Morgan fingerprint density at radius 3 is 2.61 bits per heavy atom. The average molecular weight is 421 g/mol. The summed E-state index contributed by atoms with van der Waals surface area (Å²) in [4.78, 5) is 29.8. The van der Waals surface area contributed by atoms with Crippen LogP contribution < -0.4 is 10.1 Å². The number of anilines is 1. The zero-order valence-corrected chi connectivity index (χ0v) is 17.7. The number of hydrogen-bond donors (Lipinski definition) is 2. The topological polar surface area (TPSA) is 82.1 Å². The Bertz CT molecular complexity index is 1020. The minimum atomic E-state index is -0.513. The van der Waals surface area contributed by atoms with Gasteiger partial charge >= 0.3 is 0 Å². The first kappa shape index (κ1) is 19.9. The lowest BCUT2D eigenvalue weighted by Crippen LogP contribution is -2.63. The molecule has 3 heterocycles. The smallest absolute Gasteiger partial charge is 0.247 e. The number of piperazine rings is 1. The predicted molar refractivity (Wildman–Crippen MR) is 116 cm³/mol. The fourth-order valence-corrected chi connectivity index (χ4v) is 5.36. The molecule has 2 aromatic rings. The number of fused-ring (bicyclic) bond motifs is 5. The largest absolute Gasteiger partial charge is 0.494 e. The molecule has 0 bridgehead atoms. The number of amides is 2. The fourth-order valence-electron chi connectivity index (χ4n) is 5.36. The SMILES string of the molecule is C[C@H]1C(=O)N2[C@H]3Nc4ccccc4[C@@]3(c3ccc(OCCCO)cc3)C[C@H]2C(=O)N1C. The normalized spacial score (nSPS) is 28.8. The van der Waals surface area contributed by atoms with Crippen molar-refractivity contribution in [3.8, 4) is 5.75 Å². The van der Waals surface area contributed by atoms with Gasteiger partial charge < -0.3 is 25.0 Å².